The predicted molar refractivity (Wildman–Crippen MR) is 109 cm³/mol. The van der Waals surface area contributed by atoms with Crippen molar-refractivity contribution in [3.8, 4) is 0 Å². The number of fused-ring (bicyclic) bond motifs is 1. The molecular formula is C22H24N4O3. The maximum Gasteiger partial charge on any atom is 0.252 e. The van der Waals surface area contributed by atoms with Gasteiger partial charge in [0.25, 0.3) is 5.91 Å². The number of carbonyl (C=O) groups is 2. The summed E-state index contributed by atoms with van der Waals surface area (Å²) in [5.41, 5.74) is 3.81. The number of aryl methyl sites for hydroxylation is 2. The summed E-state index contributed by atoms with van der Waals surface area (Å²) in [7, 11) is 3.64. The van der Waals surface area contributed by atoms with E-state index in [0.717, 1.165) is 28.0 Å². The molecular weight excluding hydrogens is 368 g/mol. The molecule has 0 bridgehead atoms. The molecule has 1 N–H and O–H groups in total. The van der Waals surface area contributed by atoms with Crippen LogP contribution in [0.15, 0.2) is 48.5 Å². The lowest BCUT2D eigenvalue weighted by Gasteiger charge is -2.38. The van der Waals surface area contributed by atoms with Crippen molar-refractivity contribution in [1.82, 2.24) is 19.8 Å². The molecule has 1 saturated heterocycles. The van der Waals surface area contributed by atoms with E-state index in [4.69, 9.17) is 4.74 Å². The fraction of sp³-hybridized carbons (Fsp3) is 0.318. The van der Waals surface area contributed by atoms with Gasteiger partial charge in [0.1, 0.15) is 12.4 Å². The first kappa shape index (κ1) is 19.1. The van der Waals surface area contributed by atoms with Gasteiger partial charge in [-0.2, -0.15) is 0 Å². The van der Waals surface area contributed by atoms with Gasteiger partial charge in [-0.15, -0.1) is 0 Å². The third kappa shape index (κ3) is 3.49. The molecule has 0 saturated carbocycles. The molecule has 1 fully saturated rings. The van der Waals surface area contributed by atoms with Crippen LogP contribution < -0.4 is 5.32 Å². The number of rotatable bonds is 4. The number of aromatic nitrogens is 2. The third-order valence-corrected chi connectivity index (χ3v) is 5.55. The number of carbonyl (C=O) groups excluding carboxylic acids is 2. The van der Waals surface area contributed by atoms with Gasteiger partial charge in [0, 0.05) is 14.1 Å². The van der Waals surface area contributed by atoms with Crippen molar-refractivity contribution in [2.45, 2.75) is 25.6 Å². The van der Waals surface area contributed by atoms with Crippen molar-refractivity contribution in [1.29, 1.82) is 0 Å². The van der Waals surface area contributed by atoms with E-state index in [1.165, 1.54) is 0 Å². The van der Waals surface area contributed by atoms with Crippen molar-refractivity contribution in [2.24, 2.45) is 7.05 Å². The van der Waals surface area contributed by atoms with Crippen molar-refractivity contribution >= 4 is 22.8 Å². The summed E-state index contributed by atoms with van der Waals surface area (Å²) in [6.07, 6.45) is -0.784. The van der Waals surface area contributed by atoms with Gasteiger partial charge in [0.05, 0.1) is 23.6 Å². The number of hydrogen-bond acceptors (Lipinski definition) is 4. The highest BCUT2D eigenvalue weighted by Crippen LogP contribution is 2.31. The first-order valence-electron chi connectivity index (χ1n) is 9.58. The first-order chi connectivity index (χ1) is 14.0. The Labute approximate surface area is 169 Å². The van der Waals surface area contributed by atoms with Gasteiger partial charge in [-0.05, 0) is 30.2 Å². The Morgan fingerprint density at radius 3 is 2.66 bits per heavy atom. The average Bonchev–Trinajstić information content (AvgIpc) is 3.05. The maximum absolute atomic E-state index is 13.0. The number of para-hydroxylation sites is 2. The number of nitrogens with one attached hydrogen (secondary N) is 1. The fourth-order valence-corrected chi connectivity index (χ4v) is 3.84. The van der Waals surface area contributed by atoms with E-state index in [1.807, 2.05) is 67.1 Å². The quantitative estimate of drug-likeness (QED) is 0.738. The van der Waals surface area contributed by atoms with E-state index >= 15 is 0 Å². The average molecular weight is 392 g/mol. The van der Waals surface area contributed by atoms with E-state index in [0.29, 0.717) is 0 Å². The molecule has 0 radical (unpaired) electrons. The number of imidazole rings is 1. The Morgan fingerprint density at radius 1 is 1.17 bits per heavy atom. The molecule has 2 heterocycles. The summed E-state index contributed by atoms with van der Waals surface area (Å²) in [6.45, 7) is 2.14. The van der Waals surface area contributed by atoms with Crippen LogP contribution in [-0.2, 0) is 27.9 Å². The molecule has 2 atom stereocenters. The summed E-state index contributed by atoms with van der Waals surface area (Å²) < 4.78 is 7.66. The zero-order valence-electron chi connectivity index (χ0n) is 16.8. The lowest BCUT2D eigenvalue weighted by molar-refractivity contribution is -0.162. The highest BCUT2D eigenvalue weighted by molar-refractivity contribution is 5.86. The van der Waals surface area contributed by atoms with Gasteiger partial charge in [-0.1, -0.05) is 36.4 Å². The standard InChI is InChI=1S/C22H24N4O3/c1-14-8-4-5-9-15(14)20-21(29-13-19(27)26(20)3)22(28)23-12-18-24-16-10-6-7-11-17(16)25(18)2/h4-11,20-21H,12-13H2,1-3H3,(H,23,28)/t20-,21+/m1/s1. The van der Waals surface area contributed by atoms with Gasteiger partial charge in [-0.25, -0.2) is 4.98 Å². The Hall–Kier alpha value is -3.19. The van der Waals surface area contributed by atoms with Gasteiger partial charge >= 0.3 is 0 Å². The number of likely N-dealkylation sites (N-methyl/N-ethyl adjacent to an activating group) is 1. The fourth-order valence-electron chi connectivity index (χ4n) is 3.84. The maximum atomic E-state index is 13.0. The molecule has 2 amide bonds. The topological polar surface area (TPSA) is 76.5 Å². The van der Waals surface area contributed by atoms with Crippen LogP contribution in [0.25, 0.3) is 11.0 Å². The third-order valence-electron chi connectivity index (χ3n) is 5.55. The van der Waals surface area contributed by atoms with E-state index in [2.05, 4.69) is 10.3 Å². The smallest absolute Gasteiger partial charge is 0.252 e. The van der Waals surface area contributed by atoms with Crippen LogP contribution in [0, 0.1) is 6.92 Å². The van der Waals surface area contributed by atoms with E-state index < -0.39 is 12.1 Å². The van der Waals surface area contributed by atoms with Crippen LogP contribution in [0.4, 0.5) is 0 Å². The number of amides is 2. The summed E-state index contributed by atoms with van der Waals surface area (Å²) in [4.78, 5) is 31.5. The number of nitrogens with zero attached hydrogens (tertiary/aromatic N) is 3. The van der Waals surface area contributed by atoms with Crippen molar-refractivity contribution in [2.75, 3.05) is 13.7 Å². The zero-order valence-corrected chi connectivity index (χ0v) is 16.8. The summed E-state index contributed by atoms with van der Waals surface area (Å²) in [6, 6.07) is 15.1. The molecule has 7 heteroatoms. The van der Waals surface area contributed by atoms with Gasteiger partial charge in [-0.3, -0.25) is 9.59 Å². The number of hydrogen-bond donors (Lipinski definition) is 1. The Balaban J connectivity index is 1.56. The molecule has 1 aliphatic rings. The number of benzene rings is 2. The molecule has 0 spiro atoms. The predicted octanol–water partition coefficient (Wildman–Crippen LogP) is 2.10. The van der Waals surface area contributed by atoms with E-state index in [9.17, 15) is 9.59 Å². The minimum absolute atomic E-state index is 0.108. The van der Waals surface area contributed by atoms with Crippen LogP contribution >= 0.6 is 0 Å². The molecule has 4 rings (SSSR count). The molecule has 1 aromatic heterocycles. The van der Waals surface area contributed by atoms with Crippen molar-refractivity contribution in [3.63, 3.8) is 0 Å². The van der Waals surface area contributed by atoms with Crippen molar-refractivity contribution in [3.05, 3.63) is 65.5 Å². The minimum Gasteiger partial charge on any atom is -0.356 e. The second kappa shape index (κ2) is 7.67. The van der Waals surface area contributed by atoms with E-state index in [-0.39, 0.29) is 25.0 Å². The van der Waals surface area contributed by atoms with Crippen LogP contribution in [0.3, 0.4) is 0 Å². The highest BCUT2D eigenvalue weighted by atomic mass is 16.5. The summed E-state index contributed by atoms with van der Waals surface area (Å²) >= 11 is 0. The van der Waals surface area contributed by atoms with Crippen LogP contribution in [-0.4, -0.2) is 46.0 Å². The number of ether oxygens (including phenoxy) is 1. The molecule has 0 aliphatic carbocycles. The van der Waals surface area contributed by atoms with Gasteiger partial charge in [0.2, 0.25) is 5.91 Å². The largest absolute Gasteiger partial charge is 0.356 e. The summed E-state index contributed by atoms with van der Waals surface area (Å²) in [5, 5.41) is 2.94. The second-order valence-corrected chi connectivity index (χ2v) is 7.33. The lowest BCUT2D eigenvalue weighted by atomic mass is 9.94. The SMILES string of the molecule is Cc1ccccc1[C@@H]1[C@@H](C(=O)NCc2nc3ccccc3n2C)OCC(=O)N1C. The number of morpholine rings is 1. The van der Waals surface area contributed by atoms with Gasteiger partial charge in [0.15, 0.2) is 6.10 Å². The molecule has 1 aliphatic heterocycles. The first-order valence-corrected chi connectivity index (χ1v) is 9.58. The van der Waals surface area contributed by atoms with Crippen molar-refractivity contribution < 1.29 is 14.3 Å². The molecule has 0 unspecified atom stereocenters. The Bertz CT molecular complexity index is 1070. The minimum atomic E-state index is -0.784. The van der Waals surface area contributed by atoms with Crippen LogP contribution in [0.1, 0.15) is 23.0 Å². The molecule has 150 valence electrons. The molecule has 7 nitrogen and oxygen atoms in total. The van der Waals surface area contributed by atoms with Gasteiger partial charge < -0.3 is 19.5 Å². The summed E-state index contributed by atoms with van der Waals surface area (Å²) in [5.74, 6) is 0.356. The van der Waals surface area contributed by atoms with Crippen LogP contribution in [0.2, 0.25) is 0 Å². The monoisotopic (exact) mass is 392 g/mol. The van der Waals surface area contributed by atoms with E-state index in [1.54, 1.807) is 11.9 Å². The van der Waals surface area contributed by atoms with Crippen LogP contribution in [0.5, 0.6) is 0 Å². The highest BCUT2D eigenvalue weighted by Gasteiger charge is 2.40. The Kier molecular flexibility index (Phi) is 5.07. The Morgan fingerprint density at radius 2 is 1.90 bits per heavy atom. The zero-order chi connectivity index (χ0) is 20.5. The normalized spacial score (nSPS) is 19.6. The molecule has 2 aromatic carbocycles. The molecule has 3 aromatic rings. The lowest BCUT2D eigenvalue weighted by Crippen LogP contribution is -2.53. The second-order valence-electron chi connectivity index (χ2n) is 7.33. The molecule has 29 heavy (non-hydrogen) atoms.